The van der Waals surface area contributed by atoms with Crippen LogP contribution in [0, 0.1) is 5.41 Å². The van der Waals surface area contributed by atoms with Crippen molar-refractivity contribution in [1.29, 1.82) is 0 Å². The zero-order chi connectivity index (χ0) is 11.6. The first-order chi connectivity index (χ1) is 7.59. The fourth-order valence-corrected chi connectivity index (χ4v) is 5.02. The van der Waals surface area contributed by atoms with E-state index in [0.717, 1.165) is 6.54 Å². The van der Waals surface area contributed by atoms with Gasteiger partial charge in [0.25, 0.3) is 0 Å². The minimum absolute atomic E-state index is 0.439. The highest BCUT2D eigenvalue weighted by molar-refractivity contribution is 9.10. The second-order valence-corrected chi connectivity index (χ2v) is 7.94. The van der Waals surface area contributed by atoms with Crippen LogP contribution < -0.4 is 5.32 Å². The second-order valence-electron chi connectivity index (χ2n) is 4.94. The van der Waals surface area contributed by atoms with Gasteiger partial charge in [-0.15, -0.1) is 11.3 Å². The van der Waals surface area contributed by atoms with E-state index in [1.54, 1.807) is 0 Å². The molecule has 1 atom stereocenters. The summed E-state index contributed by atoms with van der Waals surface area (Å²) in [5.74, 6) is 2.56. The molecule has 1 aromatic rings. The molecule has 0 aliphatic carbocycles. The summed E-state index contributed by atoms with van der Waals surface area (Å²) in [5.41, 5.74) is 0.439. The molecule has 2 heterocycles. The molecule has 0 radical (unpaired) electrons. The maximum atomic E-state index is 3.71. The highest BCUT2D eigenvalue weighted by Gasteiger charge is 2.32. The SMILES string of the molecule is CC1(C)CCSCC1NCc1sccc1Br. The van der Waals surface area contributed by atoms with Crippen LogP contribution in [0.2, 0.25) is 0 Å². The fourth-order valence-electron chi connectivity index (χ4n) is 1.94. The lowest BCUT2D eigenvalue weighted by atomic mass is 9.82. The van der Waals surface area contributed by atoms with Gasteiger partial charge in [-0.25, -0.2) is 0 Å². The minimum Gasteiger partial charge on any atom is -0.308 e. The Morgan fingerprint density at radius 2 is 2.38 bits per heavy atom. The van der Waals surface area contributed by atoms with Crippen LogP contribution in [0.1, 0.15) is 25.1 Å². The molecular formula is C12H18BrNS2. The van der Waals surface area contributed by atoms with Crippen molar-refractivity contribution in [2.24, 2.45) is 5.41 Å². The third-order valence-corrected chi connectivity index (χ3v) is 6.31. The number of hydrogen-bond acceptors (Lipinski definition) is 3. The Hall–Kier alpha value is 0.490. The molecule has 1 saturated heterocycles. The molecule has 1 aliphatic heterocycles. The Morgan fingerprint density at radius 3 is 3.00 bits per heavy atom. The van der Waals surface area contributed by atoms with Crippen molar-refractivity contribution < 1.29 is 0 Å². The van der Waals surface area contributed by atoms with Gasteiger partial charge in [0, 0.05) is 27.7 Å². The van der Waals surface area contributed by atoms with E-state index in [4.69, 9.17) is 0 Å². The molecule has 0 bridgehead atoms. The standard InChI is InChI=1S/C12H18BrNS2/c1-12(2)4-6-15-8-11(12)14-7-10-9(13)3-5-16-10/h3,5,11,14H,4,6-8H2,1-2H3. The number of nitrogens with one attached hydrogen (secondary N) is 1. The second kappa shape index (κ2) is 5.42. The average molecular weight is 320 g/mol. The minimum atomic E-state index is 0.439. The summed E-state index contributed by atoms with van der Waals surface area (Å²) in [5, 5.41) is 5.86. The molecule has 0 spiro atoms. The lowest BCUT2D eigenvalue weighted by molar-refractivity contribution is 0.245. The van der Waals surface area contributed by atoms with Crippen molar-refractivity contribution in [3.63, 3.8) is 0 Å². The molecule has 1 unspecified atom stereocenters. The molecule has 4 heteroatoms. The predicted octanol–water partition coefficient (Wildman–Crippen LogP) is 4.13. The van der Waals surface area contributed by atoms with Crippen LogP contribution >= 0.6 is 39.0 Å². The molecular weight excluding hydrogens is 302 g/mol. The fraction of sp³-hybridized carbons (Fsp3) is 0.667. The summed E-state index contributed by atoms with van der Waals surface area (Å²) in [6.45, 7) is 5.76. The van der Waals surface area contributed by atoms with Crippen LogP contribution in [0.3, 0.4) is 0 Å². The van der Waals surface area contributed by atoms with Gasteiger partial charge in [-0.05, 0) is 45.0 Å². The van der Waals surface area contributed by atoms with E-state index in [9.17, 15) is 0 Å². The summed E-state index contributed by atoms with van der Waals surface area (Å²) in [6.07, 6.45) is 1.32. The maximum absolute atomic E-state index is 3.71. The average Bonchev–Trinajstić information content (AvgIpc) is 2.62. The van der Waals surface area contributed by atoms with E-state index in [2.05, 4.69) is 58.3 Å². The van der Waals surface area contributed by atoms with Crippen molar-refractivity contribution in [3.8, 4) is 0 Å². The Bertz CT molecular complexity index is 349. The number of thiophene rings is 1. The first-order valence-corrected chi connectivity index (χ1v) is 8.45. The molecule has 1 aromatic heterocycles. The summed E-state index contributed by atoms with van der Waals surface area (Å²) in [6, 6.07) is 2.77. The normalized spacial score (nSPS) is 24.6. The third kappa shape index (κ3) is 3.03. The molecule has 1 fully saturated rings. The van der Waals surface area contributed by atoms with Crippen molar-refractivity contribution >= 4 is 39.0 Å². The molecule has 0 aromatic carbocycles. The highest BCUT2D eigenvalue weighted by atomic mass is 79.9. The van der Waals surface area contributed by atoms with Gasteiger partial charge in [0.15, 0.2) is 0 Å². The van der Waals surface area contributed by atoms with Crippen molar-refractivity contribution in [2.45, 2.75) is 32.9 Å². The van der Waals surface area contributed by atoms with Crippen LogP contribution in [-0.2, 0) is 6.54 Å². The zero-order valence-electron chi connectivity index (χ0n) is 9.75. The molecule has 1 N–H and O–H groups in total. The van der Waals surface area contributed by atoms with Crippen molar-refractivity contribution in [1.82, 2.24) is 5.32 Å². The molecule has 2 rings (SSSR count). The molecule has 16 heavy (non-hydrogen) atoms. The summed E-state index contributed by atoms with van der Waals surface area (Å²) < 4.78 is 1.24. The Morgan fingerprint density at radius 1 is 1.56 bits per heavy atom. The van der Waals surface area contributed by atoms with Crippen molar-refractivity contribution in [3.05, 3.63) is 20.8 Å². The van der Waals surface area contributed by atoms with Gasteiger partial charge in [-0.3, -0.25) is 0 Å². The first-order valence-electron chi connectivity index (χ1n) is 5.62. The van der Waals surface area contributed by atoms with E-state index >= 15 is 0 Å². The van der Waals surface area contributed by atoms with Gasteiger partial charge in [0.2, 0.25) is 0 Å². The number of rotatable bonds is 3. The van der Waals surface area contributed by atoms with Crippen LogP contribution in [0.15, 0.2) is 15.9 Å². The van der Waals surface area contributed by atoms with Crippen LogP contribution in [0.5, 0.6) is 0 Å². The molecule has 0 amide bonds. The van der Waals surface area contributed by atoms with Crippen LogP contribution in [-0.4, -0.2) is 17.5 Å². The van der Waals surface area contributed by atoms with Gasteiger partial charge < -0.3 is 5.32 Å². The quantitative estimate of drug-likeness (QED) is 0.899. The Kier molecular flexibility index (Phi) is 4.38. The highest BCUT2D eigenvalue weighted by Crippen LogP contribution is 2.34. The summed E-state index contributed by atoms with van der Waals surface area (Å²) >= 11 is 7.48. The largest absolute Gasteiger partial charge is 0.308 e. The van der Waals surface area contributed by atoms with E-state index in [-0.39, 0.29) is 0 Å². The lowest BCUT2D eigenvalue weighted by Gasteiger charge is -2.38. The number of thioether (sulfide) groups is 1. The van der Waals surface area contributed by atoms with E-state index in [1.165, 1.54) is 27.3 Å². The Labute approximate surface area is 115 Å². The van der Waals surface area contributed by atoms with Gasteiger partial charge in [-0.2, -0.15) is 11.8 Å². The monoisotopic (exact) mass is 319 g/mol. The van der Waals surface area contributed by atoms with Crippen molar-refractivity contribution in [2.75, 3.05) is 11.5 Å². The molecule has 1 aliphatic rings. The first kappa shape index (κ1) is 12.9. The molecule has 0 saturated carbocycles. The van der Waals surface area contributed by atoms with Gasteiger partial charge >= 0.3 is 0 Å². The third-order valence-electron chi connectivity index (χ3n) is 3.32. The number of halogens is 1. The number of hydrogen-bond donors (Lipinski definition) is 1. The van der Waals surface area contributed by atoms with E-state index < -0.39 is 0 Å². The summed E-state index contributed by atoms with van der Waals surface area (Å²) in [7, 11) is 0. The van der Waals surface area contributed by atoms with Crippen LogP contribution in [0.25, 0.3) is 0 Å². The van der Waals surface area contributed by atoms with E-state index in [1.807, 2.05) is 11.3 Å². The molecule has 90 valence electrons. The Balaban J connectivity index is 1.92. The topological polar surface area (TPSA) is 12.0 Å². The lowest BCUT2D eigenvalue weighted by Crippen LogP contribution is -2.46. The van der Waals surface area contributed by atoms with Gasteiger partial charge in [0.05, 0.1) is 0 Å². The van der Waals surface area contributed by atoms with Crippen LogP contribution in [0.4, 0.5) is 0 Å². The molecule has 1 nitrogen and oxygen atoms in total. The summed E-state index contributed by atoms with van der Waals surface area (Å²) in [4.78, 5) is 1.41. The maximum Gasteiger partial charge on any atom is 0.0327 e. The zero-order valence-corrected chi connectivity index (χ0v) is 13.0. The predicted molar refractivity (Wildman–Crippen MR) is 78.4 cm³/mol. The van der Waals surface area contributed by atoms with Gasteiger partial charge in [-0.1, -0.05) is 13.8 Å². The van der Waals surface area contributed by atoms with Gasteiger partial charge in [0.1, 0.15) is 0 Å². The smallest absolute Gasteiger partial charge is 0.0327 e. The van der Waals surface area contributed by atoms with E-state index in [0.29, 0.717) is 11.5 Å².